The van der Waals surface area contributed by atoms with Crippen molar-refractivity contribution < 1.29 is 9.18 Å². The summed E-state index contributed by atoms with van der Waals surface area (Å²) in [5.74, 6) is -0.617. The number of benzene rings is 2. The van der Waals surface area contributed by atoms with Gasteiger partial charge in [-0.3, -0.25) is 9.69 Å². The minimum atomic E-state index is -0.343. The molecule has 5 nitrogen and oxygen atoms in total. The van der Waals surface area contributed by atoms with Gasteiger partial charge in [-0.1, -0.05) is 42.3 Å². The van der Waals surface area contributed by atoms with Gasteiger partial charge in [-0.2, -0.15) is 5.10 Å². The molecule has 31 heavy (non-hydrogen) atoms. The largest absolute Gasteiger partial charge is 0.348 e. The zero-order chi connectivity index (χ0) is 21.8. The number of hydrogen-bond donors (Lipinski definition) is 1. The van der Waals surface area contributed by atoms with Crippen LogP contribution in [0, 0.1) is 12.7 Å². The molecule has 3 aromatic rings. The number of rotatable bonds is 6. The molecule has 1 aliphatic rings. The van der Waals surface area contributed by atoms with Gasteiger partial charge in [0.05, 0.1) is 16.9 Å². The molecular formula is C24H26ClFN4O. The van der Waals surface area contributed by atoms with Crippen LogP contribution in [-0.4, -0.2) is 33.7 Å². The summed E-state index contributed by atoms with van der Waals surface area (Å²) in [6, 6.07) is 14.0. The van der Waals surface area contributed by atoms with Crippen LogP contribution >= 0.6 is 11.6 Å². The fourth-order valence-electron chi connectivity index (χ4n) is 4.02. The zero-order valence-electron chi connectivity index (χ0n) is 17.6. The highest BCUT2D eigenvalue weighted by atomic mass is 35.5. The molecule has 4 rings (SSSR count). The molecule has 1 amide bonds. The summed E-state index contributed by atoms with van der Waals surface area (Å²) < 4.78 is 14.7. The van der Waals surface area contributed by atoms with E-state index in [2.05, 4.69) is 27.4 Å². The molecule has 0 unspecified atom stereocenters. The molecule has 0 bridgehead atoms. The van der Waals surface area contributed by atoms with Gasteiger partial charge >= 0.3 is 0 Å². The molecule has 2 aromatic carbocycles. The quantitative estimate of drug-likeness (QED) is 0.593. The molecule has 1 aromatic heterocycles. The Hall–Kier alpha value is -2.70. The zero-order valence-corrected chi connectivity index (χ0v) is 18.3. The average Bonchev–Trinajstić information content (AvgIpc) is 3.08. The molecule has 1 aliphatic heterocycles. The van der Waals surface area contributed by atoms with Gasteiger partial charge in [0.2, 0.25) is 0 Å². The SMILES string of the molecule is Cc1nn(-c2ccc(F)cc2)c(Cl)c1C(=O)NCc1ccccc1CN1CCCCC1. The van der Waals surface area contributed by atoms with E-state index in [1.807, 2.05) is 12.1 Å². The van der Waals surface area contributed by atoms with Crippen LogP contribution in [0.2, 0.25) is 5.15 Å². The van der Waals surface area contributed by atoms with E-state index in [1.54, 1.807) is 19.1 Å². The van der Waals surface area contributed by atoms with Gasteiger partial charge in [0.1, 0.15) is 11.0 Å². The first kappa shape index (κ1) is 21.5. The Balaban J connectivity index is 1.48. The summed E-state index contributed by atoms with van der Waals surface area (Å²) in [7, 11) is 0. The van der Waals surface area contributed by atoms with Crippen molar-refractivity contribution in [3.8, 4) is 5.69 Å². The maximum atomic E-state index is 13.2. The molecule has 1 fully saturated rings. The van der Waals surface area contributed by atoms with Gasteiger partial charge in [-0.15, -0.1) is 0 Å². The number of likely N-dealkylation sites (tertiary alicyclic amines) is 1. The van der Waals surface area contributed by atoms with E-state index in [1.165, 1.54) is 41.6 Å². The number of nitrogens with one attached hydrogen (secondary N) is 1. The highest BCUT2D eigenvalue weighted by Crippen LogP contribution is 2.24. The lowest BCUT2D eigenvalue weighted by molar-refractivity contribution is 0.0950. The van der Waals surface area contributed by atoms with Crippen molar-refractivity contribution in [3.63, 3.8) is 0 Å². The predicted molar refractivity (Wildman–Crippen MR) is 120 cm³/mol. The maximum Gasteiger partial charge on any atom is 0.256 e. The minimum absolute atomic E-state index is 0.211. The summed E-state index contributed by atoms with van der Waals surface area (Å²) in [5.41, 5.74) is 3.78. The minimum Gasteiger partial charge on any atom is -0.348 e. The maximum absolute atomic E-state index is 13.2. The topological polar surface area (TPSA) is 50.2 Å². The van der Waals surface area contributed by atoms with E-state index in [4.69, 9.17) is 11.6 Å². The van der Waals surface area contributed by atoms with Gasteiger partial charge < -0.3 is 5.32 Å². The van der Waals surface area contributed by atoms with Crippen molar-refractivity contribution >= 4 is 17.5 Å². The molecule has 0 spiro atoms. The first-order valence-electron chi connectivity index (χ1n) is 10.6. The Kier molecular flexibility index (Phi) is 6.68. The molecule has 0 saturated carbocycles. The standard InChI is InChI=1S/C24H26ClFN4O/c1-17-22(23(25)30(28-17)21-11-9-20(26)10-12-21)24(31)27-15-18-7-3-4-8-19(18)16-29-13-5-2-6-14-29/h3-4,7-12H,2,5-6,13-16H2,1H3,(H,27,31). The van der Waals surface area contributed by atoms with E-state index >= 15 is 0 Å². The second-order valence-corrected chi connectivity index (χ2v) is 8.29. The molecule has 1 saturated heterocycles. The number of hydrogen-bond acceptors (Lipinski definition) is 3. The second-order valence-electron chi connectivity index (χ2n) is 7.93. The second kappa shape index (κ2) is 9.62. The van der Waals surface area contributed by atoms with Crippen LogP contribution < -0.4 is 5.32 Å². The van der Waals surface area contributed by atoms with Crippen LogP contribution in [0.1, 0.15) is 46.4 Å². The summed E-state index contributed by atoms with van der Waals surface area (Å²) in [6.07, 6.45) is 3.80. The Labute approximate surface area is 186 Å². The fourth-order valence-corrected chi connectivity index (χ4v) is 4.37. The third-order valence-electron chi connectivity index (χ3n) is 5.70. The molecule has 162 valence electrons. The summed E-state index contributed by atoms with van der Waals surface area (Å²) in [5, 5.41) is 7.58. The summed E-state index contributed by atoms with van der Waals surface area (Å²) in [4.78, 5) is 15.4. The van der Waals surface area contributed by atoms with E-state index in [0.29, 0.717) is 23.5 Å². The molecule has 1 N–H and O–H groups in total. The average molecular weight is 441 g/mol. The number of piperidine rings is 1. The normalized spacial score (nSPS) is 14.5. The Morgan fingerprint density at radius 1 is 1.06 bits per heavy atom. The predicted octanol–water partition coefficient (Wildman–Crippen LogP) is 4.89. The molecule has 0 atom stereocenters. The number of aryl methyl sites for hydroxylation is 1. The fraction of sp³-hybridized carbons (Fsp3) is 0.333. The van der Waals surface area contributed by atoms with Crippen molar-refractivity contribution in [2.75, 3.05) is 13.1 Å². The van der Waals surface area contributed by atoms with Crippen molar-refractivity contribution in [2.24, 2.45) is 0 Å². The van der Waals surface area contributed by atoms with E-state index < -0.39 is 0 Å². The molecule has 2 heterocycles. The lowest BCUT2D eigenvalue weighted by Crippen LogP contribution is -2.30. The van der Waals surface area contributed by atoms with Crippen molar-refractivity contribution in [2.45, 2.75) is 39.3 Å². The van der Waals surface area contributed by atoms with Crippen LogP contribution in [0.4, 0.5) is 4.39 Å². The smallest absolute Gasteiger partial charge is 0.256 e. The van der Waals surface area contributed by atoms with Gasteiger partial charge in [0.25, 0.3) is 5.91 Å². The van der Waals surface area contributed by atoms with Crippen molar-refractivity contribution in [1.82, 2.24) is 20.0 Å². The first-order chi connectivity index (χ1) is 15.0. The van der Waals surface area contributed by atoms with Gasteiger partial charge in [0.15, 0.2) is 0 Å². The lowest BCUT2D eigenvalue weighted by atomic mass is 10.0. The Morgan fingerprint density at radius 3 is 2.45 bits per heavy atom. The third-order valence-corrected chi connectivity index (χ3v) is 6.05. The Bertz CT molecular complexity index is 1060. The highest BCUT2D eigenvalue weighted by Gasteiger charge is 2.21. The Morgan fingerprint density at radius 2 is 1.74 bits per heavy atom. The van der Waals surface area contributed by atoms with Gasteiger partial charge in [-0.05, 0) is 68.2 Å². The number of halogens is 2. The first-order valence-corrected chi connectivity index (χ1v) is 11.0. The summed E-state index contributed by atoms with van der Waals surface area (Å²) in [6.45, 7) is 5.30. The van der Waals surface area contributed by atoms with Crippen LogP contribution in [0.3, 0.4) is 0 Å². The van der Waals surface area contributed by atoms with Crippen LogP contribution in [0.15, 0.2) is 48.5 Å². The van der Waals surface area contributed by atoms with E-state index in [9.17, 15) is 9.18 Å². The summed E-state index contributed by atoms with van der Waals surface area (Å²) >= 11 is 6.48. The number of carbonyl (C=O) groups is 1. The van der Waals surface area contributed by atoms with Crippen molar-refractivity contribution in [1.29, 1.82) is 0 Å². The number of nitrogens with zero attached hydrogens (tertiary/aromatic N) is 3. The van der Waals surface area contributed by atoms with Gasteiger partial charge in [0, 0.05) is 13.1 Å². The third kappa shape index (κ3) is 4.97. The molecule has 7 heteroatoms. The van der Waals surface area contributed by atoms with Crippen molar-refractivity contribution in [3.05, 3.63) is 81.9 Å². The monoisotopic (exact) mass is 440 g/mol. The lowest BCUT2D eigenvalue weighted by Gasteiger charge is -2.27. The van der Waals surface area contributed by atoms with E-state index in [0.717, 1.165) is 25.2 Å². The van der Waals surface area contributed by atoms with E-state index in [-0.39, 0.29) is 16.9 Å². The molecular weight excluding hydrogens is 415 g/mol. The van der Waals surface area contributed by atoms with Crippen LogP contribution in [0.5, 0.6) is 0 Å². The van der Waals surface area contributed by atoms with Crippen LogP contribution in [0.25, 0.3) is 5.69 Å². The number of aromatic nitrogens is 2. The molecule has 0 radical (unpaired) electrons. The van der Waals surface area contributed by atoms with Crippen LogP contribution in [-0.2, 0) is 13.1 Å². The highest BCUT2D eigenvalue weighted by molar-refractivity contribution is 6.33. The number of carbonyl (C=O) groups excluding carboxylic acids is 1. The number of amides is 1. The van der Waals surface area contributed by atoms with Gasteiger partial charge in [-0.25, -0.2) is 9.07 Å². The molecule has 0 aliphatic carbocycles.